The number of nitriles is 1. The van der Waals surface area contributed by atoms with Crippen LogP contribution in [0.4, 0.5) is 4.39 Å². The summed E-state index contributed by atoms with van der Waals surface area (Å²) in [5.41, 5.74) is -0.696. The summed E-state index contributed by atoms with van der Waals surface area (Å²) in [5.74, 6) is -0.706. The summed E-state index contributed by atoms with van der Waals surface area (Å²) in [7, 11) is -3.68. The van der Waals surface area contributed by atoms with Gasteiger partial charge in [0.2, 0.25) is 10.0 Å². The quantitative estimate of drug-likeness (QED) is 0.836. The van der Waals surface area contributed by atoms with Crippen molar-refractivity contribution in [1.29, 1.82) is 5.26 Å². The van der Waals surface area contributed by atoms with Crippen molar-refractivity contribution in [2.24, 2.45) is 0 Å². The average Bonchev–Trinajstić information content (AvgIpc) is 2.70. The van der Waals surface area contributed by atoms with Crippen molar-refractivity contribution in [3.63, 3.8) is 0 Å². The van der Waals surface area contributed by atoms with Crippen molar-refractivity contribution < 1.29 is 12.8 Å². The molecule has 1 heterocycles. The van der Waals surface area contributed by atoms with Gasteiger partial charge in [-0.3, -0.25) is 0 Å². The fraction of sp³-hybridized carbons (Fsp3) is 0.462. The number of halogens is 1. The lowest BCUT2D eigenvalue weighted by Crippen LogP contribution is -2.42. The topological polar surface area (TPSA) is 61.2 Å². The normalized spacial score (nSPS) is 19.3. The van der Waals surface area contributed by atoms with Crippen molar-refractivity contribution >= 4 is 10.0 Å². The lowest BCUT2D eigenvalue weighted by Gasteiger charge is -2.30. The van der Waals surface area contributed by atoms with Gasteiger partial charge in [0.1, 0.15) is 11.9 Å². The summed E-state index contributed by atoms with van der Waals surface area (Å²) in [6.45, 7) is 4.19. The standard InChI is InChI=1S/C13H15FN2O2S/c1-13(2)6-3-7-16(13)19(17,18)11-4-5-12(14)10(8-11)9-15/h4-5,8H,3,6-7H2,1-2H3. The van der Waals surface area contributed by atoms with E-state index in [4.69, 9.17) is 5.26 Å². The molecule has 0 radical (unpaired) electrons. The van der Waals surface area contributed by atoms with Crippen LogP contribution in [0.3, 0.4) is 0 Å². The van der Waals surface area contributed by atoms with E-state index in [1.54, 1.807) is 6.07 Å². The van der Waals surface area contributed by atoms with Gasteiger partial charge >= 0.3 is 0 Å². The molecule has 0 amide bonds. The van der Waals surface area contributed by atoms with Crippen LogP contribution in [0.1, 0.15) is 32.3 Å². The van der Waals surface area contributed by atoms with Crippen LogP contribution < -0.4 is 0 Å². The van der Waals surface area contributed by atoms with Gasteiger partial charge in [-0.05, 0) is 44.9 Å². The van der Waals surface area contributed by atoms with Crippen molar-refractivity contribution in [2.75, 3.05) is 6.54 Å². The Morgan fingerprint density at radius 1 is 1.42 bits per heavy atom. The van der Waals surface area contributed by atoms with E-state index in [9.17, 15) is 12.8 Å². The van der Waals surface area contributed by atoms with Crippen LogP contribution in [0.5, 0.6) is 0 Å². The van der Waals surface area contributed by atoms with E-state index in [0.29, 0.717) is 6.54 Å². The molecule has 0 unspecified atom stereocenters. The van der Waals surface area contributed by atoms with Gasteiger partial charge in [0, 0.05) is 12.1 Å². The molecule has 19 heavy (non-hydrogen) atoms. The largest absolute Gasteiger partial charge is 0.243 e. The molecule has 1 saturated heterocycles. The molecule has 1 aliphatic heterocycles. The lowest BCUT2D eigenvalue weighted by molar-refractivity contribution is 0.291. The smallest absolute Gasteiger partial charge is 0.207 e. The maximum absolute atomic E-state index is 13.3. The van der Waals surface area contributed by atoms with Crippen molar-refractivity contribution in [2.45, 2.75) is 37.1 Å². The van der Waals surface area contributed by atoms with Crippen LogP contribution in [0.25, 0.3) is 0 Å². The monoisotopic (exact) mass is 282 g/mol. The Morgan fingerprint density at radius 3 is 2.63 bits per heavy atom. The average molecular weight is 282 g/mol. The third-order valence-electron chi connectivity index (χ3n) is 3.47. The first kappa shape index (κ1) is 14.0. The highest BCUT2D eigenvalue weighted by atomic mass is 32.2. The van der Waals surface area contributed by atoms with Gasteiger partial charge in [0.15, 0.2) is 0 Å². The Morgan fingerprint density at radius 2 is 2.11 bits per heavy atom. The zero-order valence-electron chi connectivity index (χ0n) is 10.9. The van der Waals surface area contributed by atoms with Gasteiger partial charge < -0.3 is 0 Å². The molecule has 102 valence electrons. The third kappa shape index (κ3) is 2.36. The highest BCUT2D eigenvalue weighted by molar-refractivity contribution is 7.89. The molecule has 0 aliphatic carbocycles. The summed E-state index contributed by atoms with van der Waals surface area (Å²) in [6, 6.07) is 4.99. The molecule has 0 aromatic heterocycles. The minimum atomic E-state index is -3.68. The van der Waals surface area contributed by atoms with Gasteiger partial charge in [-0.25, -0.2) is 12.8 Å². The fourth-order valence-electron chi connectivity index (χ4n) is 2.41. The van der Waals surface area contributed by atoms with Gasteiger partial charge in [0.25, 0.3) is 0 Å². The van der Waals surface area contributed by atoms with E-state index >= 15 is 0 Å². The summed E-state index contributed by atoms with van der Waals surface area (Å²) in [6.07, 6.45) is 1.59. The van der Waals surface area contributed by atoms with Crippen LogP contribution in [-0.4, -0.2) is 24.8 Å². The Balaban J connectivity index is 2.49. The number of sulfonamides is 1. The molecule has 1 aromatic rings. The Bertz CT molecular complexity index is 647. The van der Waals surface area contributed by atoms with E-state index in [0.717, 1.165) is 25.0 Å². The highest BCUT2D eigenvalue weighted by Crippen LogP contribution is 2.34. The van der Waals surface area contributed by atoms with E-state index in [1.807, 2.05) is 13.8 Å². The minimum Gasteiger partial charge on any atom is -0.207 e. The Labute approximate surface area is 112 Å². The number of rotatable bonds is 2. The van der Waals surface area contributed by atoms with Crippen LogP contribution in [0.15, 0.2) is 23.1 Å². The van der Waals surface area contributed by atoms with Crippen LogP contribution in [0.2, 0.25) is 0 Å². The maximum Gasteiger partial charge on any atom is 0.243 e. The van der Waals surface area contributed by atoms with Crippen LogP contribution in [0, 0.1) is 17.1 Å². The molecule has 1 aromatic carbocycles. The van der Waals surface area contributed by atoms with Crippen LogP contribution in [-0.2, 0) is 10.0 Å². The molecule has 4 nitrogen and oxygen atoms in total. The van der Waals surface area contributed by atoms with E-state index in [2.05, 4.69) is 0 Å². The number of hydrogen-bond donors (Lipinski definition) is 0. The minimum absolute atomic E-state index is 0.0274. The summed E-state index contributed by atoms with van der Waals surface area (Å²) >= 11 is 0. The van der Waals surface area contributed by atoms with Crippen LogP contribution >= 0.6 is 0 Å². The molecule has 0 bridgehead atoms. The summed E-state index contributed by atoms with van der Waals surface area (Å²) in [4.78, 5) is -0.0274. The predicted molar refractivity (Wildman–Crippen MR) is 68.3 cm³/mol. The maximum atomic E-state index is 13.3. The first-order valence-electron chi connectivity index (χ1n) is 6.01. The lowest BCUT2D eigenvalue weighted by atomic mass is 10.0. The zero-order chi connectivity index (χ0) is 14.3. The van der Waals surface area contributed by atoms with Gasteiger partial charge in [-0.1, -0.05) is 0 Å². The highest BCUT2D eigenvalue weighted by Gasteiger charge is 2.40. The molecule has 6 heteroatoms. The molecule has 2 rings (SSSR count). The first-order chi connectivity index (χ1) is 8.79. The molecule has 1 aliphatic rings. The van der Waals surface area contributed by atoms with E-state index in [-0.39, 0.29) is 10.5 Å². The van der Waals surface area contributed by atoms with E-state index in [1.165, 1.54) is 10.4 Å². The molecule has 1 fully saturated rings. The van der Waals surface area contributed by atoms with E-state index < -0.39 is 21.4 Å². The first-order valence-corrected chi connectivity index (χ1v) is 7.45. The second-order valence-corrected chi connectivity index (χ2v) is 7.11. The Hall–Kier alpha value is -1.45. The number of hydrogen-bond acceptors (Lipinski definition) is 3. The second kappa shape index (κ2) is 4.58. The second-order valence-electron chi connectivity index (χ2n) is 5.25. The number of benzene rings is 1. The van der Waals surface area contributed by atoms with Gasteiger partial charge in [0.05, 0.1) is 10.5 Å². The number of nitrogens with zero attached hydrogens (tertiary/aromatic N) is 2. The van der Waals surface area contributed by atoms with Crippen molar-refractivity contribution in [3.8, 4) is 6.07 Å². The molecule has 0 spiro atoms. The van der Waals surface area contributed by atoms with Gasteiger partial charge in [-0.15, -0.1) is 0 Å². The van der Waals surface area contributed by atoms with Gasteiger partial charge in [-0.2, -0.15) is 9.57 Å². The third-order valence-corrected chi connectivity index (χ3v) is 5.58. The molecule has 0 N–H and O–H groups in total. The Kier molecular flexibility index (Phi) is 3.37. The summed E-state index contributed by atoms with van der Waals surface area (Å²) in [5, 5.41) is 8.78. The fourth-order valence-corrected chi connectivity index (χ4v) is 4.28. The molecule has 0 atom stereocenters. The molecular weight excluding hydrogens is 267 g/mol. The SMILES string of the molecule is CC1(C)CCCN1S(=O)(=O)c1ccc(F)c(C#N)c1. The summed E-state index contributed by atoms with van der Waals surface area (Å²) < 4.78 is 39.7. The zero-order valence-corrected chi connectivity index (χ0v) is 11.7. The van der Waals surface area contributed by atoms with Crippen molar-refractivity contribution in [1.82, 2.24) is 4.31 Å². The molecular formula is C13H15FN2O2S. The molecule has 0 saturated carbocycles. The van der Waals surface area contributed by atoms with Crippen molar-refractivity contribution in [3.05, 3.63) is 29.6 Å². The predicted octanol–water partition coefficient (Wildman–Crippen LogP) is 2.26.